The summed E-state index contributed by atoms with van der Waals surface area (Å²) in [6.07, 6.45) is 3.94. The third-order valence-corrected chi connectivity index (χ3v) is 3.26. The molecule has 0 aliphatic heterocycles. The van der Waals surface area contributed by atoms with Crippen molar-refractivity contribution in [1.82, 2.24) is 14.7 Å². The Balaban J connectivity index is 2.95. The lowest BCUT2D eigenvalue weighted by Crippen LogP contribution is -2.45. The van der Waals surface area contributed by atoms with Crippen molar-refractivity contribution in [2.45, 2.75) is 38.9 Å². The van der Waals surface area contributed by atoms with Gasteiger partial charge in [-0.25, -0.2) is 0 Å². The molecular weight excluding hydrogens is 228 g/mol. The van der Waals surface area contributed by atoms with E-state index in [0.717, 1.165) is 12.1 Å². The van der Waals surface area contributed by atoms with Gasteiger partial charge in [0.15, 0.2) is 0 Å². The lowest BCUT2D eigenvalue weighted by molar-refractivity contribution is 0.0654. The van der Waals surface area contributed by atoms with E-state index in [1.54, 1.807) is 7.11 Å². The second-order valence-electron chi connectivity index (χ2n) is 4.89. The molecule has 5 nitrogen and oxygen atoms in total. The first-order valence-electron chi connectivity index (χ1n) is 6.50. The topological polar surface area (TPSA) is 56.3 Å². The monoisotopic (exact) mass is 254 g/mol. The Hall–Kier alpha value is -0.910. The maximum atomic E-state index is 6.17. The van der Waals surface area contributed by atoms with E-state index in [1.807, 2.05) is 31.0 Å². The van der Waals surface area contributed by atoms with Crippen LogP contribution in [0.4, 0.5) is 0 Å². The van der Waals surface area contributed by atoms with Crippen LogP contribution in [0.2, 0.25) is 0 Å². The van der Waals surface area contributed by atoms with Crippen molar-refractivity contribution >= 4 is 0 Å². The first kappa shape index (κ1) is 15.1. The fourth-order valence-electron chi connectivity index (χ4n) is 2.51. The van der Waals surface area contributed by atoms with Crippen LogP contribution in [-0.4, -0.2) is 47.0 Å². The zero-order chi connectivity index (χ0) is 13.7. The number of nitrogens with two attached hydrogens (primary N) is 1. The van der Waals surface area contributed by atoms with Crippen molar-refractivity contribution in [2.75, 3.05) is 20.3 Å². The smallest absolute Gasteiger partial charge is 0.0615 e. The van der Waals surface area contributed by atoms with Crippen LogP contribution in [0.25, 0.3) is 0 Å². The molecule has 1 aromatic rings. The van der Waals surface area contributed by atoms with E-state index in [-0.39, 0.29) is 12.1 Å². The Kier molecular flexibility index (Phi) is 5.78. The molecule has 0 aliphatic carbocycles. The molecule has 1 aromatic heterocycles. The number of aryl methyl sites for hydroxylation is 1. The molecule has 2 N–H and O–H groups in total. The maximum absolute atomic E-state index is 6.17. The SMILES string of the molecule is CCN(C(C)COC)C(c1cnn(C)c1)C(C)N. The first-order valence-corrected chi connectivity index (χ1v) is 6.50. The van der Waals surface area contributed by atoms with Crippen LogP contribution < -0.4 is 5.73 Å². The summed E-state index contributed by atoms with van der Waals surface area (Å²) in [5, 5.41) is 4.25. The van der Waals surface area contributed by atoms with Crippen LogP contribution in [0.3, 0.4) is 0 Å². The second-order valence-corrected chi connectivity index (χ2v) is 4.89. The number of hydrogen-bond acceptors (Lipinski definition) is 4. The molecule has 0 bridgehead atoms. The van der Waals surface area contributed by atoms with Crippen LogP contribution in [0, 0.1) is 0 Å². The third-order valence-electron chi connectivity index (χ3n) is 3.26. The van der Waals surface area contributed by atoms with E-state index in [2.05, 4.69) is 23.8 Å². The highest BCUT2D eigenvalue weighted by molar-refractivity contribution is 5.13. The van der Waals surface area contributed by atoms with Gasteiger partial charge in [0.1, 0.15) is 0 Å². The van der Waals surface area contributed by atoms with Crippen LogP contribution in [0.15, 0.2) is 12.4 Å². The van der Waals surface area contributed by atoms with E-state index in [0.29, 0.717) is 12.6 Å². The van der Waals surface area contributed by atoms with Gasteiger partial charge < -0.3 is 10.5 Å². The highest BCUT2D eigenvalue weighted by Gasteiger charge is 2.27. The largest absolute Gasteiger partial charge is 0.383 e. The normalized spacial score (nSPS) is 16.8. The lowest BCUT2D eigenvalue weighted by Gasteiger charge is -2.37. The van der Waals surface area contributed by atoms with Crippen LogP contribution in [0.5, 0.6) is 0 Å². The summed E-state index contributed by atoms with van der Waals surface area (Å²) in [5.41, 5.74) is 7.33. The third kappa shape index (κ3) is 3.54. The minimum Gasteiger partial charge on any atom is -0.383 e. The number of aromatic nitrogens is 2. The number of hydrogen-bond donors (Lipinski definition) is 1. The predicted molar refractivity (Wildman–Crippen MR) is 73.3 cm³/mol. The zero-order valence-electron chi connectivity index (χ0n) is 12.1. The summed E-state index contributed by atoms with van der Waals surface area (Å²) in [5.74, 6) is 0. The van der Waals surface area contributed by atoms with Gasteiger partial charge in [-0.05, 0) is 20.4 Å². The van der Waals surface area contributed by atoms with Crippen LogP contribution >= 0.6 is 0 Å². The van der Waals surface area contributed by atoms with Gasteiger partial charge in [0, 0.05) is 38.0 Å². The van der Waals surface area contributed by atoms with Crippen molar-refractivity contribution in [2.24, 2.45) is 12.8 Å². The first-order chi connectivity index (χ1) is 8.51. The molecule has 0 amide bonds. The predicted octanol–water partition coefficient (Wildman–Crippen LogP) is 1.17. The summed E-state index contributed by atoms with van der Waals surface area (Å²) in [7, 11) is 3.66. The van der Waals surface area contributed by atoms with Crippen molar-refractivity contribution in [3.8, 4) is 0 Å². The lowest BCUT2D eigenvalue weighted by atomic mass is 10.0. The number of rotatable bonds is 7. The summed E-state index contributed by atoms with van der Waals surface area (Å²) < 4.78 is 7.07. The van der Waals surface area contributed by atoms with E-state index in [9.17, 15) is 0 Å². The average Bonchev–Trinajstić information content (AvgIpc) is 2.71. The molecule has 1 heterocycles. The summed E-state index contributed by atoms with van der Waals surface area (Å²) >= 11 is 0. The number of nitrogens with zero attached hydrogens (tertiary/aromatic N) is 3. The van der Waals surface area contributed by atoms with Crippen LogP contribution in [-0.2, 0) is 11.8 Å². The Bertz CT molecular complexity index is 351. The molecule has 104 valence electrons. The molecular formula is C13H26N4O. The quantitative estimate of drug-likeness (QED) is 0.793. The van der Waals surface area contributed by atoms with Gasteiger partial charge in [0.25, 0.3) is 0 Å². The summed E-state index contributed by atoms with van der Waals surface area (Å²) in [6.45, 7) is 8.00. The van der Waals surface area contributed by atoms with Gasteiger partial charge in [0.2, 0.25) is 0 Å². The van der Waals surface area contributed by atoms with Crippen molar-refractivity contribution in [1.29, 1.82) is 0 Å². The summed E-state index contributed by atoms with van der Waals surface area (Å²) in [4.78, 5) is 2.37. The van der Waals surface area contributed by atoms with Gasteiger partial charge in [-0.2, -0.15) is 5.10 Å². The van der Waals surface area contributed by atoms with E-state index < -0.39 is 0 Å². The molecule has 5 heteroatoms. The van der Waals surface area contributed by atoms with Crippen LogP contribution in [0.1, 0.15) is 32.4 Å². The molecule has 1 rings (SSSR count). The molecule has 0 fully saturated rings. The standard InChI is InChI=1S/C13H26N4O/c1-6-17(10(2)9-18-5)13(11(3)14)12-7-15-16(4)8-12/h7-8,10-11,13H,6,9,14H2,1-5H3. The molecule has 0 aliphatic rings. The van der Waals surface area contributed by atoms with Crippen molar-refractivity contribution < 1.29 is 4.74 Å². The Morgan fingerprint density at radius 2 is 2.17 bits per heavy atom. The molecule has 0 spiro atoms. The Labute approximate surface area is 110 Å². The molecule has 0 saturated heterocycles. The number of likely N-dealkylation sites (N-methyl/N-ethyl adjacent to an activating group) is 1. The Morgan fingerprint density at radius 3 is 2.56 bits per heavy atom. The van der Waals surface area contributed by atoms with Crippen molar-refractivity contribution in [3.63, 3.8) is 0 Å². The van der Waals surface area contributed by atoms with E-state index in [1.165, 1.54) is 0 Å². The second kappa shape index (κ2) is 6.87. The summed E-state index contributed by atoms with van der Waals surface area (Å²) in [6, 6.07) is 0.554. The van der Waals surface area contributed by atoms with Gasteiger partial charge in [-0.15, -0.1) is 0 Å². The molecule has 3 atom stereocenters. The minimum atomic E-state index is 0.0495. The van der Waals surface area contributed by atoms with E-state index >= 15 is 0 Å². The number of methoxy groups -OCH3 is 1. The highest BCUT2D eigenvalue weighted by atomic mass is 16.5. The van der Waals surface area contributed by atoms with Crippen molar-refractivity contribution in [3.05, 3.63) is 18.0 Å². The van der Waals surface area contributed by atoms with E-state index in [4.69, 9.17) is 10.5 Å². The molecule has 0 radical (unpaired) electrons. The minimum absolute atomic E-state index is 0.0495. The fourth-order valence-corrected chi connectivity index (χ4v) is 2.51. The highest BCUT2D eigenvalue weighted by Crippen LogP contribution is 2.25. The zero-order valence-corrected chi connectivity index (χ0v) is 12.1. The van der Waals surface area contributed by atoms with Gasteiger partial charge >= 0.3 is 0 Å². The molecule has 3 unspecified atom stereocenters. The Morgan fingerprint density at radius 1 is 1.50 bits per heavy atom. The van der Waals surface area contributed by atoms with Gasteiger partial charge in [0.05, 0.1) is 18.8 Å². The molecule has 0 saturated carbocycles. The fraction of sp³-hybridized carbons (Fsp3) is 0.769. The average molecular weight is 254 g/mol. The molecule has 18 heavy (non-hydrogen) atoms. The molecule has 0 aromatic carbocycles. The van der Waals surface area contributed by atoms with Gasteiger partial charge in [-0.1, -0.05) is 6.92 Å². The number of ether oxygens (including phenoxy) is 1. The van der Waals surface area contributed by atoms with Gasteiger partial charge in [-0.3, -0.25) is 9.58 Å². The maximum Gasteiger partial charge on any atom is 0.0615 e.